The maximum atomic E-state index is 10.7. The molecule has 0 bridgehead atoms. The molecule has 0 fully saturated rings. The van der Waals surface area contributed by atoms with Crippen LogP contribution in [-0.2, 0) is 4.79 Å². The van der Waals surface area contributed by atoms with Gasteiger partial charge in [-0.3, -0.25) is 4.79 Å². The lowest BCUT2D eigenvalue weighted by atomic mass is 9.91. The third-order valence-corrected chi connectivity index (χ3v) is 1.94. The Bertz CT molecular complexity index is 212. The SMILES string of the molecule is N#CCCC1C=CC(=O)CC1. The Balaban J connectivity index is 2.33. The summed E-state index contributed by atoms with van der Waals surface area (Å²) in [6, 6.07) is 2.11. The molecule has 1 rings (SSSR count). The lowest BCUT2D eigenvalue weighted by Crippen LogP contribution is -2.07. The fourth-order valence-corrected chi connectivity index (χ4v) is 1.24. The molecular formula is C9H11NO. The Morgan fingerprint density at radius 1 is 1.73 bits per heavy atom. The van der Waals surface area contributed by atoms with Crippen LogP contribution in [0.5, 0.6) is 0 Å². The molecule has 0 spiro atoms. The molecule has 0 heterocycles. The molecule has 0 radical (unpaired) electrons. The highest BCUT2D eigenvalue weighted by atomic mass is 16.1. The minimum Gasteiger partial charge on any atom is -0.295 e. The van der Waals surface area contributed by atoms with Gasteiger partial charge in [0, 0.05) is 12.8 Å². The summed E-state index contributed by atoms with van der Waals surface area (Å²) in [4.78, 5) is 10.7. The Hall–Kier alpha value is -1.10. The van der Waals surface area contributed by atoms with Crippen molar-refractivity contribution in [2.45, 2.75) is 25.7 Å². The van der Waals surface area contributed by atoms with E-state index in [1.54, 1.807) is 6.08 Å². The van der Waals surface area contributed by atoms with Crippen molar-refractivity contribution in [3.8, 4) is 6.07 Å². The van der Waals surface area contributed by atoms with Crippen LogP contribution in [0.2, 0.25) is 0 Å². The monoisotopic (exact) mass is 149 g/mol. The van der Waals surface area contributed by atoms with Crippen molar-refractivity contribution in [3.05, 3.63) is 12.2 Å². The van der Waals surface area contributed by atoms with E-state index in [9.17, 15) is 4.79 Å². The third-order valence-electron chi connectivity index (χ3n) is 1.94. The minimum absolute atomic E-state index is 0.221. The van der Waals surface area contributed by atoms with Gasteiger partial charge in [0.05, 0.1) is 6.07 Å². The van der Waals surface area contributed by atoms with E-state index in [0.29, 0.717) is 18.8 Å². The highest BCUT2D eigenvalue weighted by Crippen LogP contribution is 2.19. The topological polar surface area (TPSA) is 40.9 Å². The van der Waals surface area contributed by atoms with Crippen molar-refractivity contribution in [3.63, 3.8) is 0 Å². The van der Waals surface area contributed by atoms with Crippen LogP contribution in [0.25, 0.3) is 0 Å². The van der Waals surface area contributed by atoms with E-state index in [4.69, 9.17) is 5.26 Å². The van der Waals surface area contributed by atoms with Gasteiger partial charge in [0.1, 0.15) is 0 Å². The molecule has 1 atom stereocenters. The average molecular weight is 149 g/mol. The zero-order valence-corrected chi connectivity index (χ0v) is 6.42. The molecule has 0 aromatic heterocycles. The maximum absolute atomic E-state index is 10.7. The number of carbonyl (C=O) groups is 1. The van der Waals surface area contributed by atoms with Gasteiger partial charge in [0.2, 0.25) is 0 Å². The van der Waals surface area contributed by atoms with E-state index in [1.165, 1.54) is 0 Å². The lowest BCUT2D eigenvalue weighted by molar-refractivity contribution is -0.115. The first-order valence-electron chi connectivity index (χ1n) is 3.91. The van der Waals surface area contributed by atoms with Crippen molar-refractivity contribution in [2.24, 2.45) is 5.92 Å². The Morgan fingerprint density at radius 3 is 3.09 bits per heavy atom. The van der Waals surface area contributed by atoms with Crippen LogP contribution in [0, 0.1) is 17.2 Å². The van der Waals surface area contributed by atoms with Gasteiger partial charge in [-0.25, -0.2) is 0 Å². The first kappa shape index (κ1) is 8.00. The smallest absolute Gasteiger partial charge is 0.155 e. The summed E-state index contributed by atoms with van der Waals surface area (Å²) in [5.41, 5.74) is 0. The van der Waals surface area contributed by atoms with Gasteiger partial charge in [-0.15, -0.1) is 0 Å². The molecule has 0 saturated carbocycles. The minimum atomic E-state index is 0.221. The van der Waals surface area contributed by atoms with Crippen molar-refractivity contribution in [1.29, 1.82) is 5.26 Å². The van der Waals surface area contributed by atoms with Gasteiger partial charge < -0.3 is 0 Å². The fraction of sp³-hybridized carbons (Fsp3) is 0.556. The predicted molar refractivity (Wildman–Crippen MR) is 41.7 cm³/mol. The first-order valence-corrected chi connectivity index (χ1v) is 3.91. The second-order valence-corrected chi connectivity index (χ2v) is 2.82. The number of hydrogen-bond acceptors (Lipinski definition) is 2. The molecule has 0 aromatic rings. The van der Waals surface area contributed by atoms with Gasteiger partial charge in [-0.2, -0.15) is 5.26 Å². The van der Waals surface area contributed by atoms with Crippen LogP contribution < -0.4 is 0 Å². The van der Waals surface area contributed by atoms with Crippen LogP contribution >= 0.6 is 0 Å². The fourth-order valence-electron chi connectivity index (χ4n) is 1.24. The van der Waals surface area contributed by atoms with E-state index in [2.05, 4.69) is 6.07 Å². The third kappa shape index (κ3) is 2.55. The van der Waals surface area contributed by atoms with E-state index < -0.39 is 0 Å². The highest BCUT2D eigenvalue weighted by molar-refractivity contribution is 5.90. The number of nitrogens with zero attached hydrogens (tertiary/aromatic N) is 1. The molecule has 0 saturated heterocycles. The van der Waals surface area contributed by atoms with Crippen LogP contribution in [-0.4, -0.2) is 5.78 Å². The normalized spacial score (nSPS) is 23.2. The quantitative estimate of drug-likeness (QED) is 0.601. The maximum Gasteiger partial charge on any atom is 0.155 e. The van der Waals surface area contributed by atoms with Crippen LogP contribution in [0.1, 0.15) is 25.7 Å². The Morgan fingerprint density at radius 2 is 2.55 bits per heavy atom. The summed E-state index contributed by atoms with van der Waals surface area (Å²) >= 11 is 0. The first-order chi connectivity index (χ1) is 5.33. The molecule has 1 aliphatic rings. The Kier molecular flexibility index (Phi) is 2.85. The van der Waals surface area contributed by atoms with Crippen LogP contribution in [0.15, 0.2) is 12.2 Å². The molecule has 11 heavy (non-hydrogen) atoms. The van der Waals surface area contributed by atoms with Crippen molar-refractivity contribution >= 4 is 5.78 Å². The van der Waals surface area contributed by atoms with Crippen molar-refractivity contribution < 1.29 is 4.79 Å². The van der Waals surface area contributed by atoms with Crippen LogP contribution in [0.4, 0.5) is 0 Å². The summed E-state index contributed by atoms with van der Waals surface area (Å²) in [7, 11) is 0. The number of nitriles is 1. The molecule has 0 aliphatic heterocycles. The molecule has 2 heteroatoms. The summed E-state index contributed by atoms with van der Waals surface area (Å²) in [6.45, 7) is 0. The number of allylic oxidation sites excluding steroid dienone is 2. The van der Waals surface area contributed by atoms with E-state index in [0.717, 1.165) is 12.8 Å². The second kappa shape index (κ2) is 3.92. The van der Waals surface area contributed by atoms with Crippen molar-refractivity contribution in [2.75, 3.05) is 0 Å². The number of carbonyl (C=O) groups excluding carboxylic acids is 1. The Labute approximate surface area is 66.5 Å². The molecular weight excluding hydrogens is 138 g/mol. The van der Waals surface area contributed by atoms with E-state index in [-0.39, 0.29) is 5.78 Å². The van der Waals surface area contributed by atoms with Gasteiger partial charge >= 0.3 is 0 Å². The van der Waals surface area contributed by atoms with E-state index in [1.807, 2.05) is 6.08 Å². The summed E-state index contributed by atoms with van der Waals surface area (Å²) in [6.07, 6.45) is 6.67. The largest absolute Gasteiger partial charge is 0.295 e. The summed E-state index contributed by atoms with van der Waals surface area (Å²) in [5, 5.41) is 8.31. The molecule has 1 aliphatic carbocycles. The van der Waals surface area contributed by atoms with Gasteiger partial charge in [0.25, 0.3) is 0 Å². The molecule has 0 N–H and O–H groups in total. The second-order valence-electron chi connectivity index (χ2n) is 2.82. The highest BCUT2D eigenvalue weighted by Gasteiger charge is 2.11. The number of rotatable bonds is 2. The average Bonchev–Trinajstić information content (AvgIpc) is 2.04. The van der Waals surface area contributed by atoms with Gasteiger partial charge in [-0.1, -0.05) is 6.08 Å². The molecule has 0 aromatic carbocycles. The van der Waals surface area contributed by atoms with Gasteiger partial charge in [-0.05, 0) is 24.8 Å². The molecule has 58 valence electrons. The lowest BCUT2D eigenvalue weighted by Gasteiger charge is -2.12. The number of hydrogen-bond donors (Lipinski definition) is 0. The molecule has 2 nitrogen and oxygen atoms in total. The summed E-state index contributed by atoms with van der Waals surface area (Å²) in [5.74, 6) is 0.686. The summed E-state index contributed by atoms with van der Waals surface area (Å²) < 4.78 is 0. The molecule has 0 amide bonds. The van der Waals surface area contributed by atoms with E-state index >= 15 is 0 Å². The van der Waals surface area contributed by atoms with Gasteiger partial charge in [0.15, 0.2) is 5.78 Å². The zero-order chi connectivity index (χ0) is 8.10. The predicted octanol–water partition coefficient (Wildman–Crippen LogP) is 1.83. The standard InChI is InChI=1S/C9H11NO/c10-7-1-2-8-3-5-9(11)6-4-8/h3,5,8H,1-2,4,6H2. The van der Waals surface area contributed by atoms with Crippen molar-refractivity contribution in [1.82, 2.24) is 0 Å². The zero-order valence-electron chi connectivity index (χ0n) is 6.42. The van der Waals surface area contributed by atoms with Crippen LogP contribution in [0.3, 0.4) is 0 Å². The number of ketones is 1. The molecule has 1 unspecified atom stereocenters.